The highest BCUT2D eigenvalue weighted by molar-refractivity contribution is 5.89. The number of hydrogen-bond donors (Lipinski definition) is 0. The maximum Gasteiger partial charge on any atom is 0.336 e. The third-order valence-corrected chi connectivity index (χ3v) is 4.29. The summed E-state index contributed by atoms with van der Waals surface area (Å²) >= 11 is 0. The molecule has 1 aromatic carbocycles. The molecule has 2 heterocycles. The van der Waals surface area contributed by atoms with E-state index in [1.54, 1.807) is 26.0 Å². The Balaban J connectivity index is 2.35. The summed E-state index contributed by atoms with van der Waals surface area (Å²) in [4.78, 5) is 35.3. The molecule has 0 unspecified atom stereocenters. The molecule has 0 bridgehead atoms. The van der Waals surface area contributed by atoms with Gasteiger partial charge in [0.25, 0.3) is 0 Å². The van der Waals surface area contributed by atoms with Gasteiger partial charge in [0.15, 0.2) is 17.8 Å². The maximum absolute atomic E-state index is 11.8. The van der Waals surface area contributed by atoms with Gasteiger partial charge in [0.2, 0.25) is 0 Å². The van der Waals surface area contributed by atoms with Crippen LogP contribution in [0.1, 0.15) is 39.4 Å². The lowest BCUT2D eigenvalue weighted by molar-refractivity contribution is -0.187. The van der Waals surface area contributed by atoms with Gasteiger partial charge in [-0.1, -0.05) is 0 Å². The van der Waals surface area contributed by atoms with Crippen LogP contribution in [0.2, 0.25) is 0 Å². The maximum atomic E-state index is 11.8. The van der Waals surface area contributed by atoms with Crippen LogP contribution in [0.25, 0.3) is 11.0 Å². The molecule has 3 rings (SSSR count). The third-order valence-electron chi connectivity index (χ3n) is 4.29. The Morgan fingerprint density at radius 2 is 1.78 bits per heavy atom. The number of carbonyl (C=O) groups is 2. The lowest BCUT2D eigenvalue weighted by atomic mass is 9.87. The molecule has 0 amide bonds. The first-order valence-electron chi connectivity index (χ1n) is 8.32. The number of hydrogen-bond acceptors (Lipinski definition) is 8. The predicted molar refractivity (Wildman–Crippen MR) is 93.8 cm³/mol. The van der Waals surface area contributed by atoms with Crippen LogP contribution in [-0.2, 0) is 19.1 Å². The second-order valence-corrected chi connectivity index (χ2v) is 6.75. The molecule has 8 heteroatoms. The zero-order valence-corrected chi connectivity index (χ0v) is 15.7. The number of rotatable bonds is 3. The van der Waals surface area contributed by atoms with Gasteiger partial charge in [-0.3, -0.25) is 9.59 Å². The van der Waals surface area contributed by atoms with E-state index in [1.807, 2.05) is 0 Å². The molecule has 8 nitrogen and oxygen atoms in total. The van der Waals surface area contributed by atoms with Crippen molar-refractivity contribution in [1.82, 2.24) is 0 Å². The highest BCUT2D eigenvalue weighted by Crippen LogP contribution is 2.48. The summed E-state index contributed by atoms with van der Waals surface area (Å²) < 4.78 is 27.7. The van der Waals surface area contributed by atoms with E-state index < -0.39 is 35.4 Å². The quantitative estimate of drug-likeness (QED) is 0.595. The fourth-order valence-electron chi connectivity index (χ4n) is 3.26. The Labute approximate surface area is 155 Å². The Bertz CT molecular complexity index is 972. The normalized spacial score (nSPS) is 20.3. The van der Waals surface area contributed by atoms with Gasteiger partial charge in [0, 0.05) is 26.0 Å². The average molecular weight is 376 g/mol. The van der Waals surface area contributed by atoms with Gasteiger partial charge in [-0.2, -0.15) is 0 Å². The van der Waals surface area contributed by atoms with Crippen LogP contribution in [0, 0.1) is 0 Å². The largest absolute Gasteiger partial charge is 0.496 e. The third kappa shape index (κ3) is 3.34. The summed E-state index contributed by atoms with van der Waals surface area (Å²) in [7, 11) is 1.48. The minimum Gasteiger partial charge on any atom is -0.496 e. The van der Waals surface area contributed by atoms with E-state index in [1.165, 1.54) is 27.0 Å². The fraction of sp³-hybridized carbons (Fsp3) is 0.421. The van der Waals surface area contributed by atoms with E-state index in [0.29, 0.717) is 22.4 Å². The number of carbonyl (C=O) groups excluding carboxylic acids is 2. The number of fused-ring (bicyclic) bond motifs is 3. The van der Waals surface area contributed by atoms with Crippen LogP contribution in [0.3, 0.4) is 0 Å². The van der Waals surface area contributed by atoms with E-state index in [4.69, 9.17) is 23.4 Å². The van der Waals surface area contributed by atoms with Gasteiger partial charge in [-0.05, 0) is 19.9 Å². The molecular formula is C19H20O8. The first-order chi connectivity index (χ1) is 12.6. The molecule has 0 N–H and O–H groups in total. The van der Waals surface area contributed by atoms with Crippen LogP contribution < -0.4 is 15.1 Å². The summed E-state index contributed by atoms with van der Waals surface area (Å²) in [5, 5.41) is 0.498. The van der Waals surface area contributed by atoms with Crippen molar-refractivity contribution in [3.8, 4) is 11.5 Å². The molecule has 2 aromatic rings. The van der Waals surface area contributed by atoms with Gasteiger partial charge >= 0.3 is 17.6 Å². The summed E-state index contributed by atoms with van der Waals surface area (Å²) in [6, 6.07) is 4.43. The van der Waals surface area contributed by atoms with Crippen LogP contribution in [-0.4, -0.2) is 30.8 Å². The lowest BCUT2D eigenvalue weighted by Crippen LogP contribution is -2.52. The van der Waals surface area contributed by atoms with E-state index in [0.717, 1.165) is 0 Å². The SMILES string of the molecule is COc1cc2c(c3oc(=O)ccc13)[C@H](OC(C)=O)[C@H](OC(C)=O)C(C)(C)O2. The van der Waals surface area contributed by atoms with Crippen LogP contribution in [0.5, 0.6) is 11.5 Å². The topological polar surface area (TPSA) is 101 Å². The monoisotopic (exact) mass is 376 g/mol. The van der Waals surface area contributed by atoms with Gasteiger partial charge in [0.1, 0.15) is 17.1 Å². The molecule has 0 saturated heterocycles. The molecule has 0 aliphatic carbocycles. The van der Waals surface area contributed by atoms with Crippen molar-refractivity contribution >= 4 is 22.9 Å². The molecular weight excluding hydrogens is 356 g/mol. The number of ether oxygens (including phenoxy) is 4. The van der Waals surface area contributed by atoms with Gasteiger partial charge in [0.05, 0.1) is 18.1 Å². The van der Waals surface area contributed by atoms with E-state index in [2.05, 4.69) is 0 Å². The second-order valence-electron chi connectivity index (χ2n) is 6.75. The Hall–Kier alpha value is -3.03. The van der Waals surface area contributed by atoms with E-state index in [9.17, 15) is 14.4 Å². The number of methoxy groups -OCH3 is 1. The second kappa shape index (κ2) is 6.61. The Kier molecular flexibility index (Phi) is 4.59. The zero-order valence-electron chi connectivity index (χ0n) is 15.7. The summed E-state index contributed by atoms with van der Waals surface area (Å²) in [6.45, 7) is 5.91. The van der Waals surface area contributed by atoms with Crippen molar-refractivity contribution in [2.24, 2.45) is 0 Å². The van der Waals surface area contributed by atoms with Gasteiger partial charge in [-0.25, -0.2) is 4.79 Å². The molecule has 0 saturated carbocycles. The standard InChI is InChI=1S/C19H20O8/c1-9(20)24-17-15-13(27-19(3,4)18(17)25-10(2)21)8-12(23-5)11-6-7-14(22)26-16(11)15/h6-8,17-18H,1-5H3/t17-,18-/m0/s1. The predicted octanol–water partition coefficient (Wildman–Crippen LogP) is 2.51. The average Bonchev–Trinajstić information content (AvgIpc) is 2.55. The summed E-state index contributed by atoms with van der Waals surface area (Å²) in [5.74, 6) is -0.399. The molecule has 0 spiro atoms. The summed E-state index contributed by atoms with van der Waals surface area (Å²) in [6.07, 6.45) is -1.97. The molecule has 2 atom stereocenters. The molecule has 144 valence electrons. The van der Waals surface area contributed by atoms with Crippen molar-refractivity contribution < 1.29 is 33.0 Å². The van der Waals surface area contributed by atoms with Crippen LogP contribution in [0.15, 0.2) is 27.4 Å². The minimum atomic E-state index is -1.02. The van der Waals surface area contributed by atoms with Crippen molar-refractivity contribution in [1.29, 1.82) is 0 Å². The number of esters is 2. The first-order valence-corrected chi connectivity index (χ1v) is 8.32. The smallest absolute Gasteiger partial charge is 0.336 e. The van der Waals surface area contributed by atoms with Crippen LogP contribution in [0.4, 0.5) is 0 Å². The van der Waals surface area contributed by atoms with Crippen molar-refractivity contribution in [3.05, 3.63) is 34.2 Å². The molecule has 27 heavy (non-hydrogen) atoms. The van der Waals surface area contributed by atoms with E-state index >= 15 is 0 Å². The highest BCUT2D eigenvalue weighted by Gasteiger charge is 2.50. The lowest BCUT2D eigenvalue weighted by Gasteiger charge is -2.43. The van der Waals surface area contributed by atoms with Crippen molar-refractivity contribution in [2.75, 3.05) is 7.11 Å². The molecule has 1 aromatic heterocycles. The Morgan fingerprint density at radius 1 is 1.11 bits per heavy atom. The highest BCUT2D eigenvalue weighted by atomic mass is 16.6. The van der Waals surface area contributed by atoms with Crippen molar-refractivity contribution in [3.63, 3.8) is 0 Å². The molecule has 1 aliphatic rings. The minimum absolute atomic E-state index is 0.149. The zero-order chi connectivity index (χ0) is 19.9. The first kappa shape index (κ1) is 18.8. The fourth-order valence-corrected chi connectivity index (χ4v) is 3.26. The van der Waals surface area contributed by atoms with Crippen molar-refractivity contribution in [2.45, 2.75) is 45.5 Å². The van der Waals surface area contributed by atoms with Gasteiger partial charge in [-0.15, -0.1) is 0 Å². The van der Waals surface area contributed by atoms with Gasteiger partial charge < -0.3 is 23.4 Å². The molecule has 0 fully saturated rings. The molecule has 1 aliphatic heterocycles. The van der Waals surface area contributed by atoms with Crippen LogP contribution >= 0.6 is 0 Å². The van der Waals surface area contributed by atoms with E-state index in [-0.39, 0.29) is 5.58 Å². The summed E-state index contributed by atoms with van der Waals surface area (Å²) in [5.41, 5.74) is -1.15. The number of benzene rings is 1. The molecule has 0 radical (unpaired) electrons. The Morgan fingerprint density at radius 3 is 2.37 bits per heavy atom.